The zero-order valence-electron chi connectivity index (χ0n) is 15.7. The van der Waals surface area contributed by atoms with Crippen LogP contribution >= 0.6 is 0 Å². The first kappa shape index (κ1) is 18.8. The summed E-state index contributed by atoms with van der Waals surface area (Å²) in [6, 6.07) is 7.42. The molecule has 27 heavy (non-hydrogen) atoms. The summed E-state index contributed by atoms with van der Waals surface area (Å²) in [4.78, 5) is 33.5. The van der Waals surface area contributed by atoms with E-state index in [0.29, 0.717) is 38.4 Å². The van der Waals surface area contributed by atoms with E-state index in [9.17, 15) is 9.59 Å². The van der Waals surface area contributed by atoms with Gasteiger partial charge in [0.2, 0.25) is 5.91 Å². The highest BCUT2D eigenvalue weighted by molar-refractivity contribution is 5.92. The third kappa shape index (κ3) is 4.78. The van der Waals surface area contributed by atoms with Gasteiger partial charge in [0, 0.05) is 59.1 Å². The highest BCUT2D eigenvalue weighted by Crippen LogP contribution is 2.13. The first-order chi connectivity index (χ1) is 13.0. The molecule has 0 N–H and O–H groups in total. The largest absolute Gasteiger partial charge is 0.352 e. The van der Waals surface area contributed by atoms with E-state index in [2.05, 4.69) is 20.1 Å². The van der Waals surface area contributed by atoms with E-state index in [0.717, 1.165) is 17.8 Å². The number of carbonyl (C=O) groups excluding carboxylic acids is 2. The first-order valence-corrected chi connectivity index (χ1v) is 9.03. The molecular formula is C19H24N6O2. The van der Waals surface area contributed by atoms with E-state index in [-0.39, 0.29) is 11.8 Å². The molecule has 1 aliphatic heterocycles. The van der Waals surface area contributed by atoms with Gasteiger partial charge >= 0.3 is 0 Å². The minimum Gasteiger partial charge on any atom is -0.352 e. The molecule has 1 saturated heterocycles. The number of aromatic nitrogens is 3. The average molecular weight is 368 g/mol. The van der Waals surface area contributed by atoms with Crippen LogP contribution in [0.5, 0.6) is 0 Å². The molecule has 0 saturated carbocycles. The number of pyridine rings is 1. The monoisotopic (exact) mass is 368 g/mol. The Balaban J connectivity index is 1.55. The van der Waals surface area contributed by atoms with E-state index in [1.54, 1.807) is 37.3 Å². The molecule has 8 heteroatoms. The predicted octanol–water partition coefficient (Wildman–Crippen LogP) is 0.855. The maximum absolute atomic E-state index is 12.5. The normalized spacial score (nSPS) is 14.1. The highest BCUT2D eigenvalue weighted by Gasteiger charge is 2.20. The summed E-state index contributed by atoms with van der Waals surface area (Å²) < 4.78 is 0. The Morgan fingerprint density at radius 1 is 1.04 bits per heavy atom. The van der Waals surface area contributed by atoms with Crippen LogP contribution in [0.3, 0.4) is 0 Å². The summed E-state index contributed by atoms with van der Waals surface area (Å²) in [5.41, 5.74) is 1.47. The molecule has 0 unspecified atom stereocenters. The summed E-state index contributed by atoms with van der Waals surface area (Å²) in [5, 5.41) is 8.32. The zero-order chi connectivity index (χ0) is 19.2. The van der Waals surface area contributed by atoms with Gasteiger partial charge in [-0.05, 0) is 36.2 Å². The summed E-state index contributed by atoms with van der Waals surface area (Å²) in [6.07, 6.45) is 4.26. The number of hydrogen-bond acceptors (Lipinski definition) is 6. The van der Waals surface area contributed by atoms with Crippen molar-refractivity contribution in [3.8, 4) is 0 Å². The topological polar surface area (TPSA) is 82.5 Å². The van der Waals surface area contributed by atoms with Crippen LogP contribution in [0, 0.1) is 0 Å². The summed E-state index contributed by atoms with van der Waals surface area (Å²) >= 11 is 0. The fourth-order valence-electron chi connectivity index (χ4n) is 3.00. The second-order valence-corrected chi connectivity index (χ2v) is 6.60. The van der Waals surface area contributed by atoms with Gasteiger partial charge in [-0.3, -0.25) is 14.6 Å². The van der Waals surface area contributed by atoms with Crippen molar-refractivity contribution < 1.29 is 9.59 Å². The van der Waals surface area contributed by atoms with Crippen LogP contribution in [-0.2, 0) is 11.2 Å². The van der Waals surface area contributed by atoms with Crippen molar-refractivity contribution in [1.82, 2.24) is 25.0 Å². The minimum atomic E-state index is -0.149. The predicted molar refractivity (Wildman–Crippen MR) is 101 cm³/mol. The number of carbonyl (C=O) groups is 2. The second kappa shape index (κ2) is 8.57. The van der Waals surface area contributed by atoms with Crippen LogP contribution in [0.2, 0.25) is 0 Å². The van der Waals surface area contributed by atoms with Crippen molar-refractivity contribution in [2.45, 2.75) is 13.3 Å². The SMILES string of the molecule is CC(=O)N1CCN(c2ccc(C(=O)N(C)CCc3ccncc3)nn2)CC1. The molecule has 0 spiro atoms. The molecule has 2 aromatic rings. The van der Waals surface area contributed by atoms with Gasteiger partial charge in [0.05, 0.1) is 0 Å². The Morgan fingerprint density at radius 2 is 1.74 bits per heavy atom. The molecule has 0 aromatic carbocycles. The molecular weight excluding hydrogens is 344 g/mol. The lowest BCUT2D eigenvalue weighted by molar-refractivity contribution is -0.129. The number of rotatable bonds is 5. The number of anilines is 1. The molecule has 3 rings (SSSR count). The van der Waals surface area contributed by atoms with Crippen LogP contribution in [0.1, 0.15) is 23.0 Å². The molecule has 2 aromatic heterocycles. The quantitative estimate of drug-likeness (QED) is 0.778. The number of piperazine rings is 1. The van der Waals surface area contributed by atoms with E-state index in [1.807, 2.05) is 23.1 Å². The molecule has 3 heterocycles. The smallest absolute Gasteiger partial charge is 0.274 e. The van der Waals surface area contributed by atoms with Gasteiger partial charge in [0.25, 0.3) is 5.91 Å². The molecule has 0 atom stereocenters. The van der Waals surface area contributed by atoms with E-state index in [1.165, 1.54) is 0 Å². The molecule has 0 radical (unpaired) electrons. The van der Waals surface area contributed by atoms with E-state index < -0.39 is 0 Å². The second-order valence-electron chi connectivity index (χ2n) is 6.60. The van der Waals surface area contributed by atoms with Crippen LogP contribution in [-0.4, -0.2) is 76.6 Å². The summed E-state index contributed by atoms with van der Waals surface area (Å²) in [7, 11) is 1.76. The van der Waals surface area contributed by atoms with E-state index in [4.69, 9.17) is 0 Å². The van der Waals surface area contributed by atoms with Crippen molar-refractivity contribution in [2.75, 3.05) is 44.7 Å². The van der Waals surface area contributed by atoms with Gasteiger partial charge in [-0.1, -0.05) is 0 Å². The molecule has 8 nitrogen and oxygen atoms in total. The lowest BCUT2D eigenvalue weighted by atomic mass is 10.2. The maximum Gasteiger partial charge on any atom is 0.274 e. The first-order valence-electron chi connectivity index (χ1n) is 9.03. The van der Waals surface area contributed by atoms with Gasteiger partial charge in [-0.25, -0.2) is 0 Å². The third-order valence-corrected chi connectivity index (χ3v) is 4.75. The zero-order valence-corrected chi connectivity index (χ0v) is 15.7. The fraction of sp³-hybridized carbons (Fsp3) is 0.421. The lowest BCUT2D eigenvalue weighted by Gasteiger charge is -2.34. The van der Waals surface area contributed by atoms with Crippen molar-refractivity contribution in [3.63, 3.8) is 0 Å². The van der Waals surface area contributed by atoms with Crippen LogP contribution in [0.4, 0.5) is 5.82 Å². The number of hydrogen-bond donors (Lipinski definition) is 0. The van der Waals surface area contributed by atoms with Gasteiger partial charge in [-0.15, -0.1) is 10.2 Å². The van der Waals surface area contributed by atoms with Crippen molar-refractivity contribution in [3.05, 3.63) is 47.9 Å². The van der Waals surface area contributed by atoms with Gasteiger partial charge in [0.15, 0.2) is 11.5 Å². The summed E-state index contributed by atoms with van der Waals surface area (Å²) in [5.74, 6) is 0.676. The molecule has 0 aliphatic carbocycles. The molecule has 0 bridgehead atoms. The minimum absolute atomic E-state index is 0.0940. The third-order valence-electron chi connectivity index (χ3n) is 4.75. The van der Waals surface area contributed by atoms with Crippen LogP contribution < -0.4 is 4.90 Å². The van der Waals surface area contributed by atoms with Crippen molar-refractivity contribution >= 4 is 17.6 Å². The molecule has 142 valence electrons. The Labute approximate surface area is 158 Å². The highest BCUT2D eigenvalue weighted by atomic mass is 16.2. The van der Waals surface area contributed by atoms with Gasteiger partial charge < -0.3 is 14.7 Å². The maximum atomic E-state index is 12.5. The Kier molecular flexibility index (Phi) is 5.95. The number of nitrogens with zero attached hydrogens (tertiary/aromatic N) is 6. The molecule has 2 amide bonds. The van der Waals surface area contributed by atoms with Crippen molar-refractivity contribution in [2.24, 2.45) is 0 Å². The average Bonchev–Trinajstić information content (AvgIpc) is 2.72. The summed E-state index contributed by atoms with van der Waals surface area (Å²) in [6.45, 7) is 4.96. The van der Waals surface area contributed by atoms with Crippen LogP contribution in [0.15, 0.2) is 36.7 Å². The standard InChI is InChI=1S/C19H24N6O2/c1-15(26)24-11-13-25(14-12-24)18-4-3-17(21-22-18)19(27)23(2)10-7-16-5-8-20-9-6-16/h3-6,8-9H,7,10-14H2,1-2H3. The van der Waals surface area contributed by atoms with Crippen LogP contribution in [0.25, 0.3) is 0 Å². The van der Waals surface area contributed by atoms with Crippen molar-refractivity contribution in [1.29, 1.82) is 0 Å². The van der Waals surface area contributed by atoms with Gasteiger partial charge in [-0.2, -0.15) is 0 Å². The number of amides is 2. The Bertz CT molecular complexity index is 773. The fourth-order valence-corrected chi connectivity index (χ4v) is 3.00. The number of likely N-dealkylation sites (N-methyl/N-ethyl adjacent to an activating group) is 1. The Morgan fingerprint density at radius 3 is 2.33 bits per heavy atom. The lowest BCUT2D eigenvalue weighted by Crippen LogP contribution is -2.48. The van der Waals surface area contributed by atoms with Gasteiger partial charge in [0.1, 0.15) is 0 Å². The Hall–Kier alpha value is -3.03. The molecule has 1 fully saturated rings. The molecule has 1 aliphatic rings. The van der Waals surface area contributed by atoms with E-state index >= 15 is 0 Å².